The van der Waals surface area contributed by atoms with Gasteiger partial charge in [0.15, 0.2) is 0 Å². The first-order valence-electron chi connectivity index (χ1n) is 9.45. The number of hydrogen-bond donors (Lipinski definition) is 1. The summed E-state index contributed by atoms with van der Waals surface area (Å²) in [5.41, 5.74) is 1.59. The number of rotatable bonds is 10. The Balaban J connectivity index is 1.42. The minimum atomic E-state index is -0.447. The van der Waals surface area contributed by atoms with Crippen LogP contribution in [0, 0.1) is 10.1 Å². The van der Waals surface area contributed by atoms with Crippen molar-refractivity contribution in [3.8, 4) is 22.6 Å². The highest BCUT2D eigenvalue weighted by atomic mass is 16.6. The van der Waals surface area contributed by atoms with E-state index in [9.17, 15) is 14.9 Å². The average Bonchev–Trinajstić information content (AvgIpc) is 3.21. The van der Waals surface area contributed by atoms with E-state index in [2.05, 4.69) is 10.4 Å². The SMILES string of the molecule is CCOc1ccc(OCCNC(=O)Cn2cc(-c3ccc([N+](=O)[O-])cc3)cn2)cc1. The molecule has 1 N–H and O–H groups in total. The van der Waals surface area contributed by atoms with Crippen molar-refractivity contribution in [3.63, 3.8) is 0 Å². The molecule has 1 amide bonds. The number of nitrogens with one attached hydrogen (secondary N) is 1. The standard InChI is InChI=1S/C21H22N4O5/c1-2-29-19-7-9-20(10-8-19)30-12-11-22-21(26)15-24-14-17(13-23-24)16-3-5-18(6-4-16)25(27)28/h3-10,13-14H,2,11-12,15H2,1H3,(H,22,26). The molecule has 30 heavy (non-hydrogen) atoms. The van der Waals surface area contributed by atoms with E-state index >= 15 is 0 Å². The summed E-state index contributed by atoms with van der Waals surface area (Å²) < 4.78 is 12.5. The minimum absolute atomic E-state index is 0.0259. The Kier molecular flexibility index (Phi) is 6.99. The first-order valence-corrected chi connectivity index (χ1v) is 9.45. The molecule has 3 aromatic rings. The lowest BCUT2D eigenvalue weighted by atomic mass is 10.1. The van der Waals surface area contributed by atoms with Gasteiger partial charge < -0.3 is 14.8 Å². The molecule has 0 unspecified atom stereocenters. The van der Waals surface area contributed by atoms with Crippen LogP contribution in [0.3, 0.4) is 0 Å². The Morgan fingerprint density at radius 2 is 1.73 bits per heavy atom. The molecular weight excluding hydrogens is 388 g/mol. The summed E-state index contributed by atoms with van der Waals surface area (Å²) in [5, 5.41) is 17.7. The predicted octanol–water partition coefficient (Wildman–Crippen LogP) is 3.05. The van der Waals surface area contributed by atoms with Gasteiger partial charge in [0.25, 0.3) is 5.69 Å². The fourth-order valence-electron chi connectivity index (χ4n) is 2.74. The summed E-state index contributed by atoms with van der Waals surface area (Å²) in [7, 11) is 0. The number of nitro benzene ring substituents is 1. The van der Waals surface area contributed by atoms with Gasteiger partial charge in [-0.25, -0.2) is 0 Å². The van der Waals surface area contributed by atoms with Crippen LogP contribution in [0.1, 0.15) is 6.92 Å². The Morgan fingerprint density at radius 3 is 2.37 bits per heavy atom. The number of non-ortho nitro benzene ring substituents is 1. The van der Waals surface area contributed by atoms with Crippen LogP contribution in [0.5, 0.6) is 11.5 Å². The second kappa shape index (κ2) is 10.1. The molecule has 0 aliphatic heterocycles. The van der Waals surface area contributed by atoms with Crippen molar-refractivity contribution in [2.24, 2.45) is 0 Å². The number of ether oxygens (including phenoxy) is 2. The van der Waals surface area contributed by atoms with Gasteiger partial charge in [0.2, 0.25) is 5.91 Å². The van der Waals surface area contributed by atoms with Gasteiger partial charge >= 0.3 is 0 Å². The molecule has 1 heterocycles. The number of carbonyl (C=O) groups excluding carboxylic acids is 1. The van der Waals surface area contributed by atoms with Crippen LogP contribution in [-0.4, -0.2) is 40.4 Å². The van der Waals surface area contributed by atoms with Crippen molar-refractivity contribution in [1.82, 2.24) is 15.1 Å². The quantitative estimate of drug-likeness (QED) is 0.313. The normalized spacial score (nSPS) is 10.4. The minimum Gasteiger partial charge on any atom is -0.494 e. The van der Waals surface area contributed by atoms with Gasteiger partial charge in [0.1, 0.15) is 24.7 Å². The molecule has 0 bridgehead atoms. The van der Waals surface area contributed by atoms with E-state index in [1.807, 2.05) is 31.2 Å². The highest BCUT2D eigenvalue weighted by molar-refractivity contribution is 5.75. The van der Waals surface area contributed by atoms with Crippen molar-refractivity contribution in [2.45, 2.75) is 13.5 Å². The molecule has 0 radical (unpaired) electrons. The molecule has 0 saturated carbocycles. The molecule has 0 fully saturated rings. The number of nitro groups is 1. The molecule has 0 atom stereocenters. The molecule has 1 aromatic heterocycles. The van der Waals surface area contributed by atoms with E-state index in [0.29, 0.717) is 25.5 Å². The zero-order valence-corrected chi connectivity index (χ0v) is 16.5. The molecule has 2 aromatic carbocycles. The Bertz CT molecular complexity index is 983. The summed E-state index contributed by atoms with van der Waals surface area (Å²) in [6.07, 6.45) is 3.33. The van der Waals surface area contributed by atoms with Gasteiger partial charge in [-0.2, -0.15) is 5.10 Å². The molecular formula is C21H22N4O5. The van der Waals surface area contributed by atoms with E-state index in [1.54, 1.807) is 24.5 Å². The Morgan fingerprint density at radius 1 is 1.07 bits per heavy atom. The van der Waals surface area contributed by atoms with Gasteiger partial charge in [-0.05, 0) is 48.9 Å². The van der Waals surface area contributed by atoms with E-state index in [-0.39, 0.29) is 18.1 Å². The average molecular weight is 410 g/mol. The third-order valence-corrected chi connectivity index (χ3v) is 4.18. The summed E-state index contributed by atoms with van der Waals surface area (Å²) in [4.78, 5) is 22.4. The third kappa shape index (κ3) is 5.81. The van der Waals surface area contributed by atoms with Crippen molar-refractivity contribution < 1.29 is 19.2 Å². The summed E-state index contributed by atoms with van der Waals surface area (Å²) in [6.45, 7) is 3.30. The van der Waals surface area contributed by atoms with Crippen molar-refractivity contribution >= 4 is 11.6 Å². The number of aromatic nitrogens is 2. The first-order chi connectivity index (χ1) is 14.5. The fourth-order valence-corrected chi connectivity index (χ4v) is 2.74. The van der Waals surface area contributed by atoms with Crippen LogP contribution in [0.4, 0.5) is 5.69 Å². The molecule has 0 aliphatic carbocycles. The molecule has 3 rings (SSSR count). The van der Waals surface area contributed by atoms with Crippen LogP contribution in [0.25, 0.3) is 11.1 Å². The Labute approximate surface area is 173 Å². The van der Waals surface area contributed by atoms with Crippen LogP contribution in [-0.2, 0) is 11.3 Å². The van der Waals surface area contributed by atoms with E-state index < -0.39 is 4.92 Å². The van der Waals surface area contributed by atoms with Gasteiger partial charge in [-0.3, -0.25) is 19.6 Å². The predicted molar refractivity (Wildman–Crippen MR) is 110 cm³/mol. The smallest absolute Gasteiger partial charge is 0.269 e. The van der Waals surface area contributed by atoms with Gasteiger partial charge in [-0.15, -0.1) is 0 Å². The van der Waals surface area contributed by atoms with Gasteiger partial charge in [-0.1, -0.05) is 0 Å². The van der Waals surface area contributed by atoms with Crippen LogP contribution in [0.15, 0.2) is 60.9 Å². The number of carbonyl (C=O) groups is 1. The van der Waals surface area contributed by atoms with Crippen LogP contribution < -0.4 is 14.8 Å². The van der Waals surface area contributed by atoms with Crippen LogP contribution in [0.2, 0.25) is 0 Å². The molecule has 9 heteroatoms. The molecule has 0 aliphatic rings. The number of hydrogen-bond acceptors (Lipinski definition) is 6. The largest absolute Gasteiger partial charge is 0.494 e. The van der Waals surface area contributed by atoms with Gasteiger partial charge in [0, 0.05) is 23.9 Å². The third-order valence-electron chi connectivity index (χ3n) is 4.18. The second-order valence-corrected chi connectivity index (χ2v) is 6.33. The number of benzene rings is 2. The van der Waals surface area contributed by atoms with E-state index in [1.165, 1.54) is 16.8 Å². The van der Waals surface area contributed by atoms with Crippen molar-refractivity contribution in [2.75, 3.05) is 19.8 Å². The number of amides is 1. The second-order valence-electron chi connectivity index (χ2n) is 6.33. The maximum absolute atomic E-state index is 12.1. The monoisotopic (exact) mass is 410 g/mol. The molecule has 156 valence electrons. The maximum Gasteiger partial charge on any atom is 0.269 e. The maximum atomic E-state index is 12.1. The van der Waals surface area contributed by atoms with E-state index in [0.717, 1.165) is 16.9 Å². The molecule has 0 saturated heterocycles. The lowest BCUT2D eigenvalue weighted by Crippen LogP contribution is -2.31. The summed E-state index contributed by atoms with van der Waals surface area (Å²) >= 11 is 0. The fraction of sp³-hybridized carbons (Fsp3) is 0.238. The summed E-state index contributed by atoms with van der Waals surface area (Å²) in [6, 6.07) is 13.5. The molecule has 9 nitrogen and oxygen atoms in total. The van der Waals surface area contributed by atoms with Crippen molar-refractivity contribution in [1.29, 1.82) is 0 Å². The zero-order valence-electron chi connectivity index (χ0n) is 16.5. The zero-order chi connectivity index (χ0) is 21.3. The lowest BCUT2D eigenvalue weighted by molar-refractivity contribution is -0.384. The Hall–Kier alpha value is -3.88. The lowest BCUT2D eigenvalue weighted by Gasteiger charge is -2.09. The number of nitrogens with zero attached hydrogens (tertiary/aromatic N) is 3. The molecule has 0 spiro atoms. The summed E-state index contributed by atoms with van der Waals surface area (Å²) in [5.74, 6) is 1.29. The highest BCUT2D eigenvalue weighted by Gasteiger charge is 2.08. The van der Waals surface area contributed by atoms with Crippen LogP contribution >= 0.6 is 0 Å². The van der Waals surface area contributed by atoms with Gasteiger partial charge in [0.05, 0.1) is 24.3 Å². The first kappa shape index (κ1) is 20.8. The topological polar surface area (TPSA) is 109 Å². The van der Waals surface area contributed by atoms with E-state index in [4.69, 9.17) is 9.47 Å². The highest BCUT2D eigenvalue weighted by Crippen LogP contribution is 2.21. The van der Waals surface area contributed by atoms with Crippen molar-refractivity contribution in [3.05, 3.63) is 71.0 Å².